The number of carbonyl (C=O) groups excluding carboxylic acids is 1. The fourth-order valence-electron chi connectivity index (χ4n) is 2.15. The van der Waals surface area contributed by atoms with Crippen molar-refractivity contribution in [3.63, 3.8) is 0 Å². The number of ether oxygens (including phenoxy) is 2. The van der Waals surface area contributed by atoms with Crippen molar-refractivity contribution in [3.05, 3.63) is 30.1 Å². The molecule has 6 nitrogen and oxygen atoms in total. The van der Waals surface area contributed by atoms with Crippen molar-refractivity contribution in [2.24, 2.45) is 0 Å². The van der Waals surface area contributed by atoms with E-state index in [1.54, 1.807) is 12.1 Å². The van der Waals surface area contributed by atoms with Gasteiger partial charge in [-0.15, -0.1) is 0 Å². The first-order valence-electron chi connectivity index (χ1n) is 7.07. The fraction of sp³-hybridized carbons (Fsp3) is 0.467. The zero-order valence-corrected chi connectivity index (χ0v) is 12.0. The quantitative estimate of drug-likeness (QED) is 0.801. The Kier molecular flexibility index (Phi) is 5.71. The number of carbonyl (C=O) groups is 2. The minimum atomic E-state index is -1.06. The predicted octanol–water partition coefficient (Wildman–Crippen LogP) is 1.30. The van der Waals surface area contributed by atoms with Gasteiger partial charge in [-0.1, -0.05) is 6.07 Å². The number of carboxylic acid groups (broad SMARTS) is 1. The van der Waals surface area contributed by atoms with Crippen LogP contribution in [0.4, 0.5) is 4.39 Å². The number of rotatable bonds is 6. The molecule has 1 aliphatic heterocycles. The first-order chi connectivity index (χ1) is 10.6. The van der Waals surface area contributed by atoms with Gasteiger partial charge in [0.05, 0.1) is 19.8 Å². The molecule has 22 heavy (non-hydrogen) atoms. The van der Waals surface area contributed by atoms with Gasteiger partial charge in [0.15, 0.2) is 6.10 Å². The maximum atomic E-state index is 12.9. The molecular weight excluding hydrogens is 293 g/mol. The van der Waals surface area contributed by atoms with E-state index >= 15 is 0 Å². The first-order valence-corrected chi connectivity index (χ1v) is 7.07. The van der Waals surface area contributed by atoms with E-state index in [-0.39, 0.29) is 31.3 Å². The van der Waals surface area contributed by atoms with Crippen LogP contribution in [0, 0.1) is 5.82 Å². The van der Waals surface area contributed by atoms with Crippen molar-refractivity contribution < 1.29 is 28.6 Å². The van der Waals surface area contributed by atoms with Crippen molar-refractivity contribution in [1.82, 2.24) is 4.90 Å². The summed E-state index contributed by atoms with van der Waals surface area (Å²) in [7, 11) is 0. The summed E-state index contributed by atoms with van der Waals surface area (Å²) in [5, 5.41) is 8.89. The SMILES string of the molecule is O=C(O)[C@@H]1CN(C(=O)CCCOc2cccc(F)c2)CCO1. The second-order valence-electron chi connectivity index (χ2n) is 4.95. The Morgan fingerprint density at radius 3 is 3.00 bits per heavy atom. The molecule has 120 valence electrons. The molecule has 1 saturated heterocycles. The molecule has 1 atom stereocenters. The third-order valence-corrected chi connectivity index (χ3v) is 3.29. The lowest BCUT2D eigenvalue weighted by atomic mass is 10.2. The van der Waals surface area contributed by atoms with E-state index in [1.165, 1.54) is 17.0 Å². The van der Waals surface area contributed by atoms with Crippen molar-refractivity contribution in [2.45, 2.75) is 18.9 Å². The number of carboxylic acids is 1. The summed E-state index contributed by atoms with van der Waals surface area (Å²) in [6, 6.07) is 5.80. The smallest absolute Gasteiger partial charge is 0.334 e. The average molecular weight is 311 g/mol. The highest BCUT2D eigenvalue weighted by Crippen LogP contribution is 2.13. The summed E-state index contributed by atoms with van der Waals surface area (Å²) in [6.45, 7) is 0.983. The van der Waals surface area contributed by atoms with E-state index in [2.05, 4.69) is 0 Å². The van der Waals surface area contributed by atoms with Crippen molar-refractivity contribution in [3.8, 4) is 5.75 Å². The molecule has 0 spiro atoms. The summed E-state index contributed by atoms with van der Waals surface area (Å²) in [4.78, 5) is 24.3. The number of nitrogens with zero attached hydrogens (tertiary/aromatic N) is 1. The maximum absolute atomic E-state index is 12.9. The van der Waals surface area contributed by atoms with E-state index in [0.29, 0.717) is 25.3 Å². The molecule has 7 heteroatoms. The molecule has 1 aromatic carbocycles. The van der Waals surface area contributed by atoms with Gasteiger partial charge in [-0.05, 0) is 18.6 Å². The van der Waals surface area contributed by atoms with E-state index in [0.717, 1.165) is 0 Å². The van der Waals surface area contributed by atoms with Crippen LogP contribution in [0.2, 0.25) is 0 Å². The molecule has 2 rings (SSSR count). The monoisotopic (exact) mass is 311 g/mol. The van der Waals surface area contributed by atoms with Crippen LogP contribution in [0.5, 0.6) is 5.75 Å². The molecule has 1 aromatic rings. The molecule has 1 amide bonds. The molecular formula is C15H18FNO5. The van der Waals surface area contributed by atoms with E-state index in [4.69, 9.17) is 14.6 Å². The highest BCUT2D eigenvalue weighted by atomic mass is 19.1. The number of hydrogen-bond acceptors (Lipinski definition) is 4. The van der Waals surface area contributed by atoms with Gasteiger partial charge in [-0.25, -0.2) is 9.18 Å². The molecule has 0 saturated carbocycles. The summed E-state index contributed by atoms with van der Waals surface area (Å²) in [5.41, 5.74) is 0. The third kappa shape index (κ3) is 4.70. The van der Waals surface area contributed by atoms with Crippen LogP contribution in [0.25, 0.3) is 0 Å². The Labute approximate surface area is 127 Å². The van der Waals surface area contributed by atoms with E-state index in [9.17, 15) is 14.0 Å². The predicted molar refractivity (Wildman–Crippen MR) is 75.1 cm³/mol. The molecule has 0 bridgehead atoms. The second kappa shape index (κ2) is 7.74. The molecule has 0 unspecified atom stereocenters. The largest absolute Gasteiger partial charge is 0.493 e. The maximum Gasteiger partial charge on any atom is 0.334 e. The van der Waals surface area contributed by atoms with Crippen molar-refractivity contribution >= 4 is 11.9 Å². The highest BCUT2D eigenvalue weighted by Gasteiger charge is 2.28. The fourth-order valence-corrected chi connectivity index (χ4v) is 2.15. The summed E-state index contributed by atoms with van der Waals surface area (Å²) < 4.78 is 23.4. The van der Waals surface area contributed by atoms with Gasteiger partial charge >= 0.3 is 5.97 Å². The van der Waals surface area contributed by atoms with Crippen LogP contribution >= 0.6 is 0 Å². The Morgan fingerprint density at radius 2 is 2.27 bits per heavy atom. The summed E-state index contributed by atoms with van der Waals surface area (Å²) in [6.07, 6.45) is -0.229. The molecule has 1 aliphatic rings. The Morgan fingerprint density at radius 1 is 1.45 bits per heavy atom. The van der Waals surface area contributed by atoms with E-state index < -0.39 is 12.1 Å². The Balaban J connectivity index is 1.70. The van der Waals surface area contributed by atoms with Gasteiger partial charge in [-0.3, -0.25) is 4.79 Å². The Hall–Kier alpha value is -2.15. The third-order valence-electron chi connectivity index (χ3n) is 3.29. The Bertz CT molecular complexity index is 536. The molecule has 0 aliphatic carbocycles. The zero-order chi connectivity index (χ0) is 15.9. The molecule has 1 fully saturated rings. The van der Waals surface area contributed by atoms with Crippen LogP contribution in [-0.2, 0) is 14.3 Å². The minimum absolute atomic E-state index is 0.0684. The lowest BCUT2D eigenvalue weighted by Crippen LogP contribution is -2.48. The van der Waals surface area contributed by atoms with Crippen LogP contribution in [0.1, 0.15) is 12.8 Å². The van der Waals surface area contributed by atoms with Gasteiger partial charge in [0.2, 0.25) is 5.91 Å². The van der Waals surface area contributed by atoms with Crippen LogP contribution in [-0.4, -0.2) is 54.3 Å². The number of halogens is 1. The van der Waals surface area contributed by atoms with Crippen LogP contribution in [0.15, 0.2) is 24.3 Å². The molecule has 1 heterocycles. The molecule has 1 N–H and O–H groups in total. The highest BCUT2D eigenvalue weighted by molar-refractivity contribution is 5.78. The standard InChI is InChI=1S/C15H18FNO5/c16-11-3-1-4-12(9-11)21-7-2-5-14(18)17-6-8-22-13(10-17)15(19)20/h1,3-4,9,13H,2,5-8,10H2,(H,19,20)/t13-/m0/s1. The van der Waals surface area contributed by atoms with Crippen molar-refractivity contribution in [1.29, 1.82) is 0 Å². The van der Waals surface area contributed by atoms with Gasteiger partial charge in [0.1, 0.15) is 11.6 Å². The van der Waals surface area contributed by atoms with Gasteiger partial charge < -0.3 is 19.5 Å². The van der Waals surface area contributed by atoms with Gasteiger partial charge in [0, 0.05) is 19.0 Å². The van der Waals surface area contributed by atoms with Crippen LogP contribution in [0.3, 0.4) is 0 Å². The topological polar surface area (TPSA) is 76.1 Å². The number of morpholine rings is 1. The number of amides is 1. The lowest BCUT2D eigenvalue weighted by molar-refractivity contribution is -0.159. The second-order valence-corrected chi connectivity index (χ2v) is 4.95. The number of hydrogen-bond donors (Lipinski definition) is 1. The molecule has 0 radical (unpaired) electrons. The number of benzene rings is 1. The van der Waals surface area contributed by atoms with Crippen molar-refractivity contribution in [2.75, 3.05) is 26.3 Å². The van der Waals surface area contributed by atoms with Gasteiger partial charge in [0.25, 0.3) is 0 Å². The lowest BCUT2D eigenvalue weighted by Gasteiger charge is -2.30. The van der Waals surface area contributed by atoms with E-state index in [1.807, 2.05) is 0 Å². The zero-order valence-electron chi connectivity index (χ0n) is 12.0. The number of aliphatic carboxylic acids is 1. The normalized spacial score (nSPS) is 18.0. The molecule has 0 aromatic heterocycles. The summed E-state index contributed by atoms with van der Waals surface area (Å²) in [5.74, 6) is -1.14. The van der Waals surface area contributed by atoms with Gasteiger partial charge in [-0.2, -0.15) is 0 Å². The minimum Gasteiger partial charge on any atom is -0.493 e. The summed E-state index contributed by atoms with van der Waals surface area (Å²) >= 11 is 0. The average Bonchev–Trinajstić information content (AvgIpc) is 2.51. The van der Waals surface area contributed by atoms with Crippen LogP contribution < -0.4 is 4.74 Å². The first kappa shape index (κ1) is 16.2.